The standard InChI is InChI=1S/C30H30ClF4N7O3/c31-21-10-16(36)9-19(22(21)30(33,34)35)24-23(32)25-20(11-37-24)26(41-12-17-3-4-18(13-41)42(17)28(43)44)39-27(38-25)45-15-29(5-6-29)14-40-7-1-2-8-40/h1-2,9-11,17-18H,3-8,12-15,36H2,(H,43,44)/t17-,18+. The van der Waals surface area contributed by atoms with Crippen molar-refractivity contribution in [3.05, 3.63) is 46.9 Å². The van der Waals surface area contributed by atoms with Crippen molar-refractivity contribution in [2.45, 2.75) is 43.9 Å². The Morgan fingerprint density at radius 2 is 1.82 bits per heavy atom. The maximum atomic E-state index is 16.4. The van der Waals surface area contributed by atoms with Gasteiger partial charge in [-0.2, -0.15) is 23.1 Å². The summed E-state index contributed by atoms with van der Waals surface area (Å²) in [5, 5.41) is 9.22. The normalized spacial score (nSPS) is 22.4. The number of hydrogen-bond acceptors (Lipinski definition) is 8. The Hall–Kier alpha value is -3.91. The van der Waals surface area contributed by atoms with Gasteiger partial charge >= 0.3 is 18.3 Å². The van der Waals surface area contributed by atoms with Crippen LogP contribution in [0.2, 0.25) is 5.02 Å². The van der Waals surface area contributed by atoms with Gasteiger partial charge in [0.15, 0.2) is 5.82 Å². The Bertz CT molecular complexity index is 1700. The van der Waals surface area contributed by atoms with Crippen molar-refractivity contribution < 1.29 is 32.2 Å². The van der Waals surface area contributed by atoms with Gasteiger partial charge in [0.25, 0.3) is 0 Å². The first-order valence-corrected chi connectivity index (χ1v) is 15.1. The van der Waals surface area contributed by atoms with E-state index in [-0.39, 0.29) is 52.5 Å². The van der Waals surface area contributed by atoms with Crippen molar-refractivity contribution in [3.63, 3.8) is 0 Å². The molecule has 1 amide bonds. The molecule has 2 bridgehead atoms. The van der Waals surface area contributed by atoms with Gasteiger partial charge in [0.2, 0.25) is 0 Å². The number of nitrogens with zero attached hydrogens (tertiary/aromatic N) is 6. The molecule has 2 atom stereocenters. The van der Waals surface area contributed by atoms with Crippen LogP contribution in [-0.2, 0) is 6.18 Å². The van der Waals surface area contributed by atoms with Crippen molar-refractivity contribution in [1.29, 1.82) is 0 Å². The summed E-state index contributed by atoms with van der Waals surface area (Å²) in [5.41, 5.74) is 2.87. The highest BCUT2D eigenvalue weighted by Crippen LogP contribution is 2.47. The molecule has 45 heavy (non-hydrogen) atoms. The number of pyridine rings is 1. The number of anilines is 2. The van der Waals surface area contributed by atoms with Gasteiger partial charge in [-0.05, 0) is 37.8 Å². The molecule has 1 aliphatic carbocycles. The fraction of sp³-hybridized carbons (Fsp3) is 0.467. The van der Waals surface area contributed by atoms with E-state index in [1.54, 1.807) is 0 Å². The molecule has 0 spiro atoms. The van der Waals surface area contributed by atoms with Crippen molar-refractivity contribution in [2.75, 3.05) is 50.0 Å². The Kier molecular flexibility index (Phi) is 7.19. The van der Waals surface area contributed by atoms with Crippen LogP contribution in [0.25, 0.3) is 22.2 Å². The number of nitrogen functional groups attached to an aromatic ring is 1. The molecule has 3 fully saturated rings. The highest BCUT2D eigenvalue weighted by atomic mass is 35.5. The third-order valence-electron chi connectivity index (χ3n) is 9.21. The van der Waals surface area contributed by atoms with E-state index in [1.165, 1.54) is 11.1 Å². The van der Waals surface area contributed by atoms with Crippen LogP contribution in [0.4, 0.5) is 33.9 Å². The predicted octanol–water partition coefficient (Wildman–Crippen LogP) is 5.45. The monoisotopic (exact) mass is 647 g/mol. The number of carbonyl (C=O) groups is 1. The van der Waals surface area contributed by atoms with Gasteiger partial charge in [-0.25, -0.2) is 9.18 Å². The molecule has 3 N–H and O–H groups in total. The van der Waals surface area contributed by atoms with Crippen LogP contribution in [-0.4, -0.2) is 87.4 Å². The Morgan fingerprint density at radius 1 is 1.13 bits per heavy atom. The summed E-state index contributed by atoms with van der Waals surface area (Å²) >= 11 is 5.95. The number of carboxylic acid groups (broad SMARTS) is 1. The molecule has 2 aromatic heterocycles. The Labute approximate surface area is 260 Å². The van der Waals surface area contributed by atoms with Gasteiger partial charge in [-0.1, -0.05) is 23.8 Å². The molecular weight excluding hydrogens is 618 g/mol. The summed E-state index contributed by atoms with van der Waals surface area (Å²) in [7, 11) is 0. The maximum Gasteiger partial charge on any atom is 0.418 e. The molecule has 238 valence electrons. The lowest BCUT2D eigenvalue weighted by molar-refractivity contribution is -0.137. The lowest BCUT2D eigenvalue weighted by Gasteiger charge is -2.40. The zero-order valence-corrected chi connectivity index (χ0v) is 24.8. The molecule has 4 aliphatic rings. The Morgan fingerprint density at radius 3 is 2.44 bits per heavy atom. The summed E-state index contributed by atoms with van der Waals surface area (Å²) in [4.78, 5) is 30.6. The first-order chi connectivity index (χ1) is 21.4. The summed E-state index contributed by atoms with van der Waals surface area (Å²) in [5.74, 6) is -0.824. The fourth-order valence-electron chi connectivity index (χ4n) is 6.87. The van der Waals surface area contributed by atoms with Crippen LogP contribution in [0.5, 0.6) is 6.01 Å². The first-order valence-electron chi connectivity index (χ1n) is 14.7. The van der Waals surface area contributed by atoms with Crippen LogP contribution in [0.15, 0.2) is 30.5 Å². The van der Waals surface area contributed by atoms with Gasteiger partial charge in [-0.15, -0.1) is 0 Å². The summed E-state index contributed by atoms with van der Waals surface area (Å²) in [6.45, 7) is 3.42. The molecular formula is C30H30ClF4N7O3. The number of amides is 1. The minimum atomic E-state index is -4.92. The second-order valence-electron chi connectivity index (χ2n) is 12.4. The van der Waals surface area contributed by atoms with E-state index in [1.807, 2.05) is 4.90 Å². The molecule has 15 heteroatoms. The van der Waals surface area contributed by atoms with E-state index in [2.05, 4.69) is 32.0 Å². The average molecular weight is 648 g/mol. The van der Waals surface area contributed by atoms with Gasteiger partial charge in [0.05, 0.1) is 34.7 Å². The maximum absolute atomic E-state index is 16.4. The lowest BCUT2D eigenvalue weighted by Crippen LogP contribution is -2.55. The van der Waals surface area contributed by atoms with Gasteiger partial charge in [-0.3, -0.25) is 14.8 Å². The Balaban J connectivity index is 1.30. The number of nitrogens with two attached hydrogens (primary N) is 1. The van der Waals surface area contributed by atoms with E-state index in [4.69, 9.17) is 22.1 Å². The van der Waals surface area contributed by atoms with Crippen LogP contribution in [0.1, 0.15) is 31.2 Å². The molecule has 7 rings (SSSR count). The first kappa shape index (κ1) is 29.8. The number of piperazine rings is 1. The number of hydrogen-bond donors (Lipinski definition) is 2. The molecule has 3 aromatic rings. The summed E-state index contributed by atoms with van der Waals surface area (Å²) in [6, 6.07) is 1.24. The van der Waals surface area contributed by atoms with Gasteiger partial charge in [0.1, 0.15) is 17.0 Å². The average Bonchev–Trinajstić information content (AvgIpc) is 3.42. The predicted molar refractivity (Wildman–Crippen MR) is 159 cm³/mol. The minimum absolute atomic E-state index is 0.0913. The molecule has 0 unspecified atom stereocenters. The number of fused-ring (bicyclic) bond motifs is 3. The third kappa shape index (κ3) is 5.47. The summed E-state index contributed by atoms with van der Waals surface area (Å²) in [6.07, 6.45) is 2.77. The number of rotatable bonds is 7. The van der Waals surface area contributed by atoms with E-state index in [0.29, 0.717) is 25.9 Å². The van der Waals surface area contributed by atoms with E-state index >= 15 is 4.39 Å². The molecule has 1 saturated carbocycles. The smallest absolute Gasteiger partial charge is 0.418 e. The highest BCUT2D eigenvalue weighted by molar-refractivity contribution is 6.32. The largest absolute Gasteiger partial charge is 0.465 e. The number of ether oxygens (including phenoxy) is 1. The molecule has 0 radical (unpaired) electrons. The second kappa shape index (κ2) is 10.9. The third-order valence-corrected chi connectivity index (χ3v) is 9.51. The van der Waals surface area contributed by atoms with Crippen LogP contribution in [0, 0.1) is 11.2 Å². The second-order valence-corrected chi connectivity index (χ2v) is 12.8. The number of benzene rings is 1. The van der Waals surface area contributed by atoms with E-state index in [9.17, 15) is 23.1 Å². The van der Waals surface area contributed by atoms with Crippen molar-refractivity contribution in [3.8, 4) is 17.3 Å². The highest BCUT2D eigenvalue weighted by Gasteiger charge is 2.46. The molecule has 3 aliphatic heterocycles. The molecule has 1 aromatic carbocycles. The SMILES string of the molecule is Nc1cc(Cl)c(C(F)(F)F)c(-c2ncc3c(N4C[C@H]5CC[C@@H](C4)N5C(=O)O)nc(OCC4(CN5CC=CC5)CC4)nc3c2F)c1. The van der Waals surface area contributed by atoms with E-state index in [0.717, 1.165) is 44.6 Å². The van der Waals surface area contributed by atoms with Crippen molar-refractivity contribution in [2.24, 2.45) is 5.41 Å². The van der Waals surface area contributed by atoms with Crippen LogP contribution < -0.4 is 15.4 Å². The zero-order chi connectivity index (χ0) is 31.7. The summed E-state index contributed by atoms with van der Waals surface area (Å²) < 4.78 is 64.8. The van der Waals surface area contributed by atoms with Crippen LogP contribution in [0.3, 0.4) is 0 Å². The number of aromatic nitrogens is 3. The van der Waals surface area contributed by atoms with Gasteiger partial charge in [0, 0.05) is 55.6 Å². The minimum Gasteiger partial charge on any atom is -0.465 e. The molecule has 10 nitrogen and oxygen atoms in total. The number of alkyl halides is 3. The lowest BCUT2D eigenvalue weighted by atomic mass is 10.0. The van der Waals surface area contributed by atoms with Gasteiger partial charge < -0.3 is 20.5 Å². The van der Waals surface area contributed by atoms with Crippen LogP contribution >= 0.6 is 11.6 Å². The topological polar surface area (TPSA) is 121 Å². The van der Waals surface area contributed by atoms with Crippen molar-refractivity contribution >= 4 is 40.1 Å². The fourth-order valence-corrected chi connectivity index (χ4v) is 7.21. The van der Waals surface area contributed by atoms with E-state index < -0.39 is 39.9 Å². The molecule has 2 saturated heterocycles. The number of halogens is 5. The van der Waals surface area contributed by atoms with Crippen molar-refractivity contribution in [1.82, 2.24) is 24.8 Å². The zero-order valence-electron chi connectivity index (χ0n) is 24.0. The quantitative estimate of drug-likeness (QED) is 0.196. The molecule has 5 heterocycles.